The SMILES string of the molecule is O=c1ccn2ncc(-n3cc(-c4cccnc4)cn3)c2[nH]1. The topological polar surface area (TPSA) is 80.9 Å². The Balaban J connectivity index is 1.85. The number of nitrogens with one attached hydrogen (secondary N) is 1. The molecule has 0 aliphatic carbocycles. The van der Waals surface area contributed by atoms with Crippen molar-refractivity contribution in [2.45, 2.75) is 0 Å². The summed E-state index contributed by atoms with van der Waals surface area (Å²) >= 11 is 0. The van der Waals surface area contributed by atoms with Gasteiger partial charge in [-0.3, -0.25) is 9.78 Å². The van der Waals surface area contributed by atoms with Crippen LogP contribution in [0.25, 0.3) is 22.5 Å². The number of rotatable bonds is 2. The molecule has 0 spiro atoms. The molecule has 0 bridgehead atoms. The molecule has 0 fully saturated rings. The summed E-state index contributed by atoms with van der Waals surface area (Å²) in [6.07, 6.45) is 10.4. The Labute approximate surface area is 118 Å². The molecule has 21 heavy (non-hydrogen) atoms. The third-order valence-electron chi connectivity index (χ3n) is 3.21. The van der Waals surface area contributed by atoms with Crippen molar-refractivity contribution in [3.8, 4) is 16.8 Å². The zero-order valence-corrected chi connectivity index (χ0v) is 10.8. The molecule has 0 atom stereocenters. The van der Waals surface area contributed by atoms with E-state index in [0.717, 1.165) is 11.1 Å². The smallest absolute Gasteiger partial charge is 0.251 e. The van der Waals surface area contributed by atoms with E-state index in [1.54, 1.807) is 40.2 Å². The van der Waals surface area contributed by atoms with Crippen molar-refractivity contribution in [1.29, 1.82) is 0 Å². The van der Waals surface area contributed by atoms with E-state index >= 15 is 0 Å². The average Bonchev–Trinajstić information content (AvgIpc) is 3.14. The lowest BCUT2D eigenvalue weighted by molar-refractivity contribution is 0.883. The molecule has 0 amide bonds. The molecular weight excluding hydrogens is 268 g/mol. The van der Waals surface area contributed by atoms with E-state index in [1.165, 1.54) is 6.07 Å². The number of hydrogen-bond donors (Lipinski definition) is 1. The molecular formula is C14H10N6O. The zero-order chi connectivity index (χ0) is 14.2. The summed E-state index contributed by atoms with van der Waals surface area (Å²) in [4.78, 5) is 18.3. The van der Waals surface area contributed by atoms with Gasteiger partial charge in [-0.2, -0.15) is 10.2 Å². The van der Waals surface area contributed by atoms with Crippen LogP contribution in [0, 0.1) is 0 Å². The Bertz CT molecular complexity index is 966. The minimum atomic E-state index is -0.177. The number of hydrogen-bond acceptors (Lipinski definition) is 4. The molecule has 4 aromatic rings. The van der Waals surface area contributed by atoms with Crippen molar-refractivity contribution in [3.05, 3.63) is 65.7 Å². The maximum Gasteiger partial charge on any atom is 0.251 e. The summed E-state index contributed by atoms with van der Waals surface area (Å²) < 4.78 is 3.28. The monoisotopic (exact) mass is 278 g/mol. The van der Waals surface area contributed by atoms with Crippen molar-refractivity contribution in [2.24, 2.45) is 0 Å². The van der Waals surface area contributed by atoms with Gasteiger partial charge in [-0.1, -0.05) is 6.07 Å². The fraction of sp³-hybridized carbons (Fsp3) is 0. The summed E-state index contributed by atoms with van der Waals surface area (Å²) in [5.74, 6) is 0. The molecule has 7 nitrogen and oxygen atoms in total. The summed E-state index contributed by atoms with van der Waals surface area (Å²) in [5, 5.41) is 8.52. The Morgan fingerprint density at radius 2 is 2.00 bits per heavy atom. The van der Waals surface area contributed by atoms with E-state index < -0.39 is 0 Å². The highest BCUT2D eigenvalue weighted by Gasteiger charge is 2.09. The van der Waals surface area contributed by atoms with Gasteiger partial charge in [-0.25, -0.2) is 9.20 Å². The van der Waals surface area contributed by atoms with E-state index in [-0.39, 0.29) is 5.56 Å². The fourth-order valence-electron chi connectivity index (χ4n) is 2.19. The molecule has 4 heterocycles. The molecule has 4 aromatic heterocycles. The van der Waals surface area contributed by atoms with Gasteiger partial charge in [0.2, 0.25) is 0 Å². The standard InChI is InChI=1S/C14H10N6O/c21-13-3-5-19-14(18-13)12(8-17-19)20-9-11(7-16-20)10-2-1-4-15-6-10/h1-9H,(H,18,21). The van der Waals surface area contributed by atoms with Gasteiger partial charge in [0.1, 0.15) is 5.69 Å². The van der Waals surface area contributed by atoms with Gasteiger partial charge >= 0.3 is 0 Å². The number of nitrogens with zero attached hydrogens (tertiary/aromatic N) is 5. The summed E-state index contributed by atoms with van der Waals surface area (Å²) in [7, 11) is 0. The maximum absolute atomic E-state index is 11.5. The van der Waals surface area contributed by atoms with Gasteiger partial charge in [0.05, 0.1) is 12.4 Å². The lowest BCUT2D eigenvalue weighted by Gasteiger charge is -1.98. The van der Waals surface area contributed by atoms with E-state index in [0.29, 0.717) is 11.3 Å². The Morgan fingerprint density at radius 3 is 2.86 bits per heavy atom. The second kappa shape index (κ2) is 4.41. The third kappa shape index (κ3) is 1.91. The summed E-state index contributed by atoms with van der Waals surface area (Å²) in [6.45, 7) is 0. The number of fused-ring (bicyclic) bond motifs is 1. The molecule has 0 radical (unpaired) electrons. The van der Waals surface area contributed by atoms with Crippen molar-refractivity contribution in [1.82, 2.24) is 29.4 Å². The second-order valence-corrected chi connectivity index (χ2v) is 4.54. The Morgan fingerprint density at radius 1 is 1.05 bits per heavy atom. The Hall–Kier alpha value is -3.22. The number of H-pyrrole nitrogens is 1. The van der Waals surface area contributed by atoms with Crippen LogP contribution in [0.15, 0.2) is 60.2 Å². The number of pyridine rings is 1. The van der Waals surface area contributed by atoms with Crippen LogP contribution < -0.4 is 5.56 Å². The highest BCUT2D eigenvalue weighted by molar-refractivity contribution is 5.63. The van der Waals surface area contributed by atoms with Crippen LogP contribution >= 0.6 is 0 Å². The number of aromatic amines is 1. The van der Waals surface area contributed by atoms with Crippen molar-refractivity contribution < 1.29 is 0 Å². The second-order valence-electron chi connectivity index (χ2n) is 4.54. The molecule has 0 saturated carbocycles. The quantitative estimate of drug-likeness (QED) is 0.598. The lowest BCUT2D eigenvalue weighted by atomic mass is 10.2. The molecule has 7 heteroatoms. The fourth-order valence-corrected chi connectivity index (χ4v) is 2.19. The lowest BCUT2D eigenvalue weighted by Crippen LogP contribution is -2.07. The molecule has 1 N–H and O–H groups in total. The van der Waals surface area contributed by atoms with Crippen molar-refractivity contribution >= 4 is 5.65 Å². The Kier molecular flexibility index (Phi) is 2.43. The van der Waals surface area contributed by atoms with Gasteiger partial charge in [0, 0.05) is 42.0 Å². The van der Waals surface area contributed by atoms with E-state index in [9.17, 15) is 4.79 Å². The van der Waals surface area contributed by atoms with Crippen LogP contribution in [0.1, 0.15) is 0 Å². The van der Waals surface area contributed by atoms with Crippen LogP contribution in [0.3, 0.4) is 0 Å². The molecule has 0 unspecified atom stereocenters. The minimum absolute atomic E-state index is 0.177. The van der Waals surface area contributed by atoms with Gasteiger partial charge in [0.25, 0.3) is 5.56 Å². The van der Waals surface area contributed by atoms with Crippen LogP contribution in [0.2, 0.25) is 0 Å². The van der Waals surface area contributed by atoms with Crippen LogP contribution in [0.5, 0.6) is 0 Å². The van der Waals surface area contributed by atoms with E-state index in [1.807, 2.05) is 18.3 Å². The molecule has 0 aromatic carbocycles. The first-order valence-electron chi connectivity index (χ1n) is 6.33. The van der Waals surface area contributed by atoms with Crippen molar-refractivity contribution in [3.63, 3.8) is 0 Å². The predicted octanol–water partition coefficient (Wildman–Crippen LogP) is 1.27. The first-order valence-corrected chi connectivity index (χ1v) is 6.33. The van der Waals surface area contributed by atoms with E-state index in [4.69, 9.17) is 0 Å². The largest absolute Gasteiger partial charge is 0.305 e. The molecule has 102 valence electrons. The molecule has 0 saturated heterocycles. The van der Waals surface area contributed by atoms with Crippen molar-refractivity contribution in [2.75, 3.05) is 0 Å². The van der Waals surface area contributed by atoms with E-state index in [2.05, 4.69) is 20.2 Å². The minimum Gasteiger partial charge on any atom is -0.305 e. The zero-order valence-electron chi connectivity index (χ0n) is 10.8. The highest BCUT2D eigenvalue weighted by atomic mass is 16.1. The number of aromatic nitrogens is 6. The summed E-state index contributed by atoms with van der Waals surface area (Å²) in [5.41, 5.74) is 3.06. The van der Waals surface area contributed by atoms with Gasteiger partial charge in [-0.05, 0) is 6.07 Å². The average molecular weight is 278 g/mol. The first kappa shape index (κ1) is 11.6. The van der Waals surface area contributed by atoms with Crippen LogP contribution in [-0.4, -0.2) is 29.4 Å². The summed E-state index contributed by atoms with van der Waals surface area (Å²) in [6, 6.07) is 5.26. The molecule has 4 rings (SSSR count). The van der Waals surface area contributed by atoms with Crippen LogP contribution in [0.4, 0.5) is 0 Å². The first-order chi connectivity index (χ1) is 10.3. The van der Waals surface area contributed by atoms with Gasteiger partial charge < -0.3 is 4.98 Å². The molecule has 0 aliphatic rings. The maximum atomic E-state index is 11.5. The molecule has 0 aliphatic heterocycles. The van der Waals surface area contributed by atoms with Gasteiger partial charge in [0.15, 0.2) is 5.65 Å². The predicted molar refractivity (Wildman–Crippen MR) is 76.2 cm³/mol. The highest BCUT2D eigenvalue weighted by Crippen LogP contribution is 2.19. The normalized spacial score (nSPS) is 11.0. The third-order valence-corrected chi connectivity index (χ3v) is 3.21. The van der Waals surface area contributed by atoms with Crippen LogP contribution in [-0.2, 0) is 0 Å². The van der Waals surface area contributed by atoms with Gasteiger partial charge in [-0.15, -0.1) is 0 Å².